The quantitative estimate of drug-likeness (QED) is 0.743. The fraction of sp³-hybridized carbons (Fsp3) is 0.500. The van der Waals surface area contributed by atoms with Crippen molar-refractivity contribution in [1.29, 1.82) is 0 Å². The average molecular weight is 250 g/mol. The maximum Gasteiger partial charge on any atom is 0.342 e. The third kappa shape index (κ3) is 5.19. The van der Waals surface area contributed by atoms with Gasteiger partial charge in [0.05, 0.1) is 6.10 Å². The van der Waals surface area contributed by atoms with E-state index in [1.54, 1.807) is 12.1 Å². The first kappa shape index (κ1) is 15.9. The smallest absolute Gasteiger partial charge is 0.342 e. The highest BCUT2D eigenvalue weighted by Crippen LogP contribution is 2.31. The van der Waals surface area contributed by atoms with Crippen molar-refractivity contribution in [1.82, 2.24) is 0 Å². The van der Waals surface area contributed by atoms with Gasteiger partial charge in [0.2, 0.25) is 0 Å². The van der Waals surface area contributed by atoms with Crippen molar-refractivity contribution < 1.29 is 23.4 Å². The highest BCUT2D eigenvalue weighted by atomic mass is 19.3. The normalized spacial score (nSPS) is 16.6. The fourth-order valence-corrected chi connectivity index (χ4v) is 1.59. The first-order valence-corrected chi connectivity index (χ1v) is 5.44. The van der Waals surface area contributed by atoms with E-state index in [0.717, 1.165) is 5.56 Å². The second kappa shape index (κ2) is 8.08. The van der Waals surface area contributed by atoms with E-state index in [4.69, 9.17) is 5.11 Å². The molecule has 5 heteroatoms. The van der Waals surface area contributed by atoms with Crippen LogP contribution in [0.4, 0.5) is 13.2 Å². The van der Waals surface area contributed by atoms with Gasteiger partial charge in [0.25, 0.3) is 0 Å². The van der Waals surface area contributed by atoms with Crippen molar-refractivity contribution in [3.8, 4) is 0 Å². The Hall–Kier alpha value is -1.07. The molecule has 0 bridgehead atoms. The van der Waals surface area contributed by atoms with Gasteiger partial charge in [-0.1, -0.05) is 26.0 Å². The molecule has 0 fully saturated rings. The van der Waals surface area contributed by atoms with Crippen molar-refractivity contribution in [3.63, 3.8) is 0 Å². The molecule has 0 heterocycles. The Morgan fingerprint density at radius 2 is 1.82 bits per heavy atom. The molecule has 0 spiro atoms. The lowest BCUT2D eigenvalue weighted by Crippen LogP contribution is -1.90. The molecule has 98 valence electrons. The Morgan fingerprint density at radius 3 is 2.29 bits per heavy atom. The predicted octanol–water partition coefficient (Wildman–Crippen LogP) is 3.03. The van der Waals surface area contributed by atoms with Gasteiger partial charge in [0, 0.05) is 0 Å². The number of aliphatic hydroxyl groups is 2. The number of halogens is 3. The minimum atomic E-state index is -3.17. The zero-order valence-corrected chi connectivity index (χ0v) is 9.83. The van der Waals surface area contributed by atoms with Crippen LogP contribution in [0.15, 0.2) is 18.2 Å². The zero-order valence-electron chi connectivity index (χ0n) is 9.83. The van der Waals surface area contributed by atoms with Gasteiger partial charge >= 0.3 is 6.61 Å². The lowest BCUT2D eigenvalue weighted by molar-refractivity contribution is -0.0728. The fourth-order valence-electron chi connectivity index (χ4n) is 1.59. The Morgan fingerprint density at radius 1 is 1.29 bits per heavy atom. The van der Waals surface area contributed by atoms with E-state index in [0.29, 0.717) is 18.4 Å². The van der Waals surface area contributed by atoms with Crippen LogP contribution in [0.5, 0.6) is 0 Å². The number of hydrogen-bond donors (Lipinski definition) is 2. The number of hydrogen-bond acceptors (Lipinski definition) is 2. The number of alkyl halides is 2. The largest absolute Gasteiger partial charge is 0.388 e. The van der Waals surface area contributed by atoms with Crippen LogP contribution in [0.2, 0.25) is 0 Å². The summed E-state index contributed by atoms with van der Waals surface area (Å²) in [4.78, 5) is 0. The van der Waals surface area contributed by atoms with Crippen molar-refractivity contribution in [3.05, 3.63) is 35.1 Å². The molecule has 1 aromatic rings. The van der Waals surface area contributed by atoms with Crippen LogP contribution in [0.3, 0.4) is 0 Å². The van der Waals surface area contributed by atoms with Crippen molar-refractivity contribution >= 4 is 0 Å². The Bertz CT molecular complexity index is 327. The standard InChI is InChI=1S/C9H9FO.C2H6.CH2F2O/c10-8-3-1-2-7-6(8)4-5-9(7)11;1-2;2-1(3)4/h1-3,9,11H,4-5H2;1-2H3;1,4H. The van der Waals surface area contributed by atoms with E-state index in [1.165, 1.54) is 6.07 Å². The minimum Gasteiger partial charge on any atom is -0.388 e. The number of benzene rings is 1. The molecular weight excluding hydrogens is 233 g/mol. The van der Waals surface area contributed by atoms with Gasteiger partial charge in [-0.15, -0.1) is 0 Å². The first-order chi connectivity index (χ1) is 8.02. The zero-order chi connectivity index (χ0) is 13.4. The molecule has 1 unspecified atom stereocenters. The highest BCUT2D eigenvalue weighted by Gasteiger charge is 2.22. The molecule has 2 nitrogen and oxygen atoms in total. The molecule has 17 heavy (non-hydrogen) atoms. The van der Waals surface area contributed by atoms with Gasteiger partial charge in [0.1, 0.15) is 5.82 Å². The van der Waals surface area contributed by atoms with Crippen LogP contribution in [0.25, 0.3) is 0 Å². The maximum absolute atomic E-state index is 13.0. The second-order valence-electron chi connectivity index (χ2n) is 3.14. The Labute approximate surface area is 98.7 Å². The van der Waals surface area contributed by atoms with Gasteiger partial charge in [0.15, 0.2) is 0 Å². The molecule has 0 aliphatic heterocycles. The van der Waals surface area contributed by atoms with Crippen LogP contribution < -0.4 is 0 Å². The molecule has 0 saturated heterocycles. The molecule has 0 amide bonds. The molecular formula is C12H17F3O2. The van der Waals surface area contributed by atoms with Gasteiger partial charge in [-0.3, -0.25) is 0 Å². The van der Waals surface area contributed by atoms with Gasteiger partial charge in [-0.2, -0.15) is 8.78 Å². The molecule has 0 radical (unpaired) electrons. The molecule has 0 saturated carbocycles. The molecule has 0 aromatic heterocycles. The lowest BCUT2D eigenvalue weighted by atomic mass is 10.1. The molecule has 1 aliphatic rings. The number of aliphatic hydroxyl groups excluding tert-OH is 2. The van der Waals surface area contributed by atoms with Crippen molar-refractivity contribution in [2.75, 3.05) is 0 Å². The third-order valence-corrected chi connectivity index (χ3v) is 2.18. The molecule has 1 aliphatic carbocycles. The summed E-state index contributed by atoms with van der Waals surface area (Å²) in [6.07, 6.45) is 0.889. The van der Waals surface area contributed by atoms with Gasteiger partial charge in [-0.25, -0.2) is 4.39 Å². The minimum absolute atomic E-state index is 0.181. The monoisotopic (exact) mass is 250 g/mol. The number of fused-ring (bicyclic) bond motifs is 1. The van der Waals surface area contributed by atoms with E-state index in [1.807, 2.05) is 13.8 Å². The Balaban J connectivity index is 0.000000368. The molecule has 2 N–H and O–H groups in total. The molecule has 1 aromatic carbocycles. The summed E-state index contributed by atoms with van der Waals surface area (Å²) in [5.74, 6) is -0.181. The first-order valence-electron chi connectivity index (χ1n) is 5.44. The second-order valence-corrected chi connectivity index (χ2v) is 3.14. The average Bonchev–Trinajstić information content (AvgIpc) is 2.65. The maximum atomic E-state index is 13.0. The lowest BCUT2D eigenvalue weighted by Gasteiger charge is -2.02. The van der Waals surface area contributed by atoms with Gasteiger partial charge in [-0.05, 0) is 30.0 Å². The van der Waals surface area contributed by atoms with Crippen LogP contribution in [-0.4, -0.2) is 16.8 Å². The summed E-state index contributed by atoms with van der Waals surface area (Å²) in [6, 6.07) is 4.87. The van der Waals surface area contributed by atoms with Crippen LogP contribution in [0.1, 0.15) is 37.5 Å². The SMILES string of the molecule is CC.OC(F)F.OC1CCc2c(F)cccc21. The van der Waals surface area contributed by atoms with E-state index < -0.39 is 12.7 Å². The van der Waals surface area contributed by atoms with Crippen molar-refractivity contribution in [2.45, 2.75) is 39.4 Å². The van der Waals surface area contributed by atoms with Gasteiger partial charge < -0.3 is 10.2 Å². The van der Waals surface area contributed by atoms with E-state index in [-0.39, 0.29) is 5.82 Å². The van der Waals surface area contributed by atoms with Crippen molar-refractivity contribution in [2.24, 2.45) is 0 Å². The summed E-state index contributed by atoms with van der Waals surface area (Å²) in [5, 5.41) is 16.1. The summed E-state index contributed by atoms with van der Waals surface area (Å²) in [7, 11) is 0. The number of rotatable bonds is 0. The third-order valence-electron chi connectivity index (χ3n) is 2.18. The summed E-state index contributed by atoms with van der Waals surface area (Å²) >= 11 is 0. The van der Waals surface area contributed by atoms with E-state index in [2.05, 4.69) is 0 Å². The summed E-state index contributed by atoms with van der Waals surface area (Å²) < 4.78 is 32.7. The van der Waals surface area contributed by atoms with E-state index >= 15 is 0 Å². The summed E-state index contributed by atoms with van der Waals surface area (Å²) in [5.41, 5.74) is 1.46. The van der Waals surface area contributed by atoms with Crippen LogP contribution in [-0.2, 0) is 6.42 Å². The molecule has 2 rings (SSSR count). The summed E-state index contributed by atoms with van der Waals surface area (Å²) in [6.45, 7) is 0.833. The van der Waals surface area contributed by atoms with Crippen LogP contribution >= 0.6 is 0 Å². The molecule has 1 atom stereocenters. The van der Waals surface area contributed by atoms with Crippen LogP contribution in [0, 0.1) is 5.82 Å². The highest BCUT2D eigenvalue weighted by molar-refractivity contribution is 5.34. The predicted molar refractivity (Wildman–Crippen MR) is 59.3 cm³/mol. The Kier molecular flexibility index (Phi) is 7.58. The topological polar surface area (TPSA) is 40.5 Å². The van der Waals surface area contributed by atoms with E-state index in [9.17, 15) is 18.3 Å².